The molecule has 3 N–H and O–H groups in total. The molecule has 2 atom stereocenters. The molecule has 1 fully saturated rings. The van der Waals surface area contributed by atoms with E-state index in [1.54, 1.807) is 17.0 Å². The molecule has 2 rings (SSSR count). The van der Waals surface area contributed by atoms with Crippen LogP contribution in [0.25, 0.3) is 0 Å². The van der Waals surface area contributed by atoms with Crippen LogP contribution in [0.5, 0.6) is 0 Å². The highest BCUT2D eigenvalue weighted by Gasteiger charge is 2.34. The summed E-state index contributed by atoms with van der Waals surface area (Å²) < 4.78 is 0. The van der Waals surface area contributed by atoms with Gasteiger partial charge in [0.15, 0.2) is 0 Å². The number of nitrogen functional groups attached to an aromatic ring is 1. The van der Waals surface area contributed by atoms with E-state index in [-0.39, 0.29) is 18.6 Å². The lowest BCUT2D eigenvalue weighted by molar-refractivity contribution is 0.0642. The molecule has 0 saturated carbocycles. The van der Waals surface area contributed by atoms with Gasteiger partial charge in [-0.25, -0.2) is 4.98 Å². The molecule has 5 heteroatoms. The first kappa shape index (κ1) is 11.9. The molecule has 1 aliphatic heterocycles. The number of nitrogens with two attached hydrogens (primary N) is 1. The average Bonchev–Trinajstić information content (AvgIpc) is 2.70. The van der Waals surface area contributed by atoms with Crippen LogP contribution in [0.15, 0.2) is 18.3 Å². The van der Waals surface area contributed by atoms with Gasteiger partial charge in [-0.3, -0.25) is 4.79 Å². The van der Waals surface area contributed by atoms with Crippen molar-refractivity contribution in [2.75, 3.05) is 18.9 Å². The van der Waals surface area contributed by atoms with Crippen molar-refractivity contribution >= 4 is 11.6 Å². The Morgan fingerprint density at radius 1 is 1.65 bits per heavy atom. The number of nitrogens with zero attached hydrogens (tertiary/aromatic N) is 2. The molecule has 1 aromatic heterocycles. The summed E-state index contributed by atoms with van der Waals surface area (Å²) in [5.74, 6) is 0.200. The first-order chi connectivity index (χ1) is 8.13. The van der Waals surface area contributed by atoms with Crippen LogP contribution in [0, 0.1) is 5.92 Å². The number of aliphatic hydroxyl groups excluding tert-OH is 1. The van der Waals surface area contributed by atoms with Crippen molar-refractivity contribution in [1.29, 1.82) is 0 Å². The molecule has 1 saturated heterocycles. The lowest BCUT2D eigenvalue weighted by atomic mass is 10.0. The third-order valence-corrected chi connectivity index (χ3v) is 3.34. The van der Waals surface area contributed by atoms with E-state index in [1.165, 1.54) is 6.20 Å². The molecule has 92 valence electrons. The number of likely N-dealkylation sites (tertiary alicyclic amines) is 1. The number of rotatable bonds is 2. The first-order valence-corrected chi connectivity index (χ1v) is 5.77. The zero-order valence-electron chi connectivity index (χ0n) is 9.84. The molecule has 0 aliphatic carbocycles. The maximum Gasteiger partial charge on any atom is 0.272 e. The van der Waals surface area contributed by atoms with Crippen LogP contribution in [0.4, 0.5) is 5.69 Å². The number of anilines is 1. The standard InChI is InChI=1S/C12H17N3O2/c1-8-4-5-15(11(8)7-16)12(17)10-3-2-9(13)6-14-10/h2-3,6,8,11,16H,4-5,7,13H2,1H3. The molecule has 17 heavy (non-hydrogen) atoms. The number of pyridine rings is 1. The lowest BCUT2D eigenvalue weighted by Crippen LogP contribution is -2.40. The molecule has 0 aromatic carbocycles. The Balaban J connectivity index is 2.17. The van der Waals surface area contributed by atoms with Gasteiger partial charge >= 0.3 is 0 Å². The summed E-state index contributed by atoms with van der Waals surface area (Å²) in [6, 6.07) is 3.19. The molecule has 0 radical (unpaired) electrons. The number of aromatic nitrogens is 1. The van der Waals surface area contributed by atoms with Gasteiger partial charge in [-0.15, -0.1) is 0 Å². The minimum atomic E-state index is -0.131. The summed E-state index contributed by atoms with van der Waals surface area (Å²) in [6.45, 7) is 2.73. The van der Waals surface area contributed by atoms with Crippen LogP contribution in [0.2, 0.25) is 0 Å². The second kappa shape index (κ2) is 4.71. The van der Waals surface area contributed by atoms with Crippen molar-refractivity contribution in [2.24, 2.45) is 5.92 Å². The lowest BCUT2D eigenvalue weighted by Gasteiger charge is -2.24. The van der Waals surface area contributed by atoms with Gasteiger partial charge in [-0.1, -0.05) is 6.92 Å². The van der Waals surface area contributed by atoms with E-state index >= 15 is 0 Å². The van der Waals surface area contributed by atoms with Crippen molar-refractivity contribution < 1.29 is 9.90 Å². The quantitative estimate of drug-likeness (QED) is 0.782. The van der Waals surface area contributed by atoms with Crippen molar-refractivity contribution in [3.05, 3.63) is 24.0 Å². The molecule has 0 bridgehead atoms. The predicted molar refractivity (Wildman–Crippen MR) is 64.3 cm³/mol. The van der Waals surface area contributed by atoms with Crippen LogP contribution in [0.3, 0.4) is 0 Å². The zero-order chi connectivity index (χ0) is 12.4. The fraction of sp³-hybridized carbons (Fsp3) is 0.500. The van der Waals surface area contributed by atoms with Gasteiger partial charge < -0.3 is 15.7 Å². The summed E-state index contributed by atoms with van der Waals surface area (Å²) in [5.41, 5.74) is 6.45. The van der Waals surface area contributed by atoms with E-state index in [0.717, 1.165) is 6.42 Å². The molecule has 2 heterocycles. The summed E-state index contributed by atoms with van der Waals surface area (Å²) in [5, 5.41) is 9.31. The van der Waals surface area contributed by atoms with E-state index in [0.29, 0.717) is 23.8 Å². The van der Waals surface area contributed by atoms with Crippen molar-refractivity contribution in [2.45, 2.75) is 19.4 Å². The molecule has 1 aromatic rings. The Kier molecular flexibility index (Phi) is 3.28. The first-order valence-electron chi connectivity index (χ1n) is 5.77. The zero-order valence-corrected chi connectivity index (χ0v) is 9.84. The van der Waals surface area contributed by atoms with E-state index in [2.05, 4.69) is 4.98 Å². The predicted octanol–water partition coefficient (Wildman–Crippen LogP) is 0.507. The molecule has 5 nitrogen and oxygen atoms in total. The maximum absolute atomic E-state index is 12.2. The van der Waals surface area contributed by atoms with Gasteiger partial charge in [-0.05, 0) is 24.5 Å². The highest BCUT2D eigenvalue weighted by Crippen LogP contribution is 2.24. The van der Waals surface area contributed by atoms with Crippen LogP contribution < -0.4 is 5.73 Å². The molecule has 1 aliphatic rings. The van der Waals surface area contributed by atoms with E-state index < -0.39 is 0 Å². The number of aliphatic hydroxyl groups is 1. The molecular weight excluding hydrogens is 218 g/mol. The molecule has 2 unspecified atom stereocenters. The topological polar surface area (TPSA) is 79.5 Å². The van der Waals surface area contributed by atoms with Crippen molar-refractivity contribution in [3.8, 4) is 0 Å². The maximum atomic E-state index is 12.2. The van der Waals surface area contributed by atoms with Crippen LogP contribution in [-0.4, -0.2) is 40.1 Å². The smallest absolute Gasteiger partial charge is 0.272 e. The third kappa shape index (κ3) is 2.24. The Bertz CT molecular complexity index is 405. The van der Waals surface area contributed by atoms with Gasteiger partial charge in [0.05, 0.1) is 24.5 Å². The Morgan fingerprint density at radius 3 is 3.00 bits per heavy atom. The summed E-state index contributed by atoms with van der Waals surface area (Å²) in [4.78, 5) is 17.9. The fourth-order valence-corrected chi connectivity index (χ4v) is 2.22. The molecular formula is C12H17N3O2. The number of carbonyl (C=O) groups excluding carboxylic acids is 1. The van der Waals surface area contributed by atoms with E-state index in [4.69, 9.17) is 5.73 Å². The van der Waals surface area contributed by atoms with Crippen LogP contribution in [-0.2, 0) is 0 Å². The second-order valence-electron chi connectivity index (χ2n) is 4.49. The van der Waals surface area contributed by atoms with Crippen molar-refractivity contribution in [3.63, 3.8) is 0 Å². The molecule has 0 spiro atoms. The second-order valence-corrected chi connectivity index (χ2v) is 4.49. The minimum Gasteiger partial charge on any atom is -0.397 e. The van der Waals surface area contributed by atoms with E-state index in [1.807, 2.05) is 6.92 Å². The largest absolute Gasteiger partial charge is 0.397 e. The van der Waals surface area contributed by atoms with Gasteiger partial charge in [0.1, 0.15) is 5.69 Å². The van der Waals surface area contributed by atoms with Crippen LogP contribution >= 0.6 is 0 Å². The SMILES string of the molecule is CC1CCN(C(=O)c2ccc(N)cn2)C1CO. The van der Waals surface area contributed by atoms with Gasteiger partial charge in [0, 0.05) is 6.54 Å². The monoisotopic (exact) mass is 235 g/mol. The number of carbonyl (C=O) groups is 1. The Hall–Kier alpha value is -1.62. The van der Waals surface area contributed by atoms with Crippen molar-refractivity contribution in [1.82, 2.24) is 9.88 Å². The van der Waals surface area contributed by atoms with E-state index in [9.17, 15) is 9.90 Å². The highest BCUT2D eigenvalue weighted by molar-refractivity contribution is 5.92. The van der Waals surface area contributed by atoms with Gasteiger partial charge in [0.25, 0.3) is 5.91 Å². The highest BCUT2D eigenvalue weighted by atomic mass is 16.3. The summed E-state index contributed by atoms with van der Waals surface area (Å²) in [7, 11) is 0. The molecule has 1 amide bonds. The minimum absolute atomic E-state index is 0.00186. The number of hydrogen-bond acceptors (Lipinski definition) is 4. The van der Waals surface area contributed by atoms with Gasteiger partial charge in [-0.2, -0.15) is 0 Å². The average molecular weight is 235 g/mol. The number of amides is 1. The number of hydrogen-bond donors (Lipinski definition) is 2. The summed E-state index contributed by atoms with van der Waals surface area (Å²) in [6.07, 6.45) is 2.40. The normalized spacial score (nSPS) is 24.0. The third-order valence-electron chi connectivity index (χ3n) is 3.34. The van der Waals surface area contributed by atoms with Gasteiger partial charge in [0.2, 0.25) is 0 Å². The Labute approximate surface area is 100 Å². The van der Waals surface area contributed by atoms with Crippen LogP contribution in [0.1, 0.15) is 23.8 Å². The fourth-order valence-electron chi connectivity index (χ4n) is 2.22. The summed E-state index contributed by atoms with van der Waals surface area (Å²) >= 11 is 0. The Morgan fingerprint density at radius 2 is 2.41 bits per heavy atom.